The molecule has 0 spiro atoms. The topological polar surface area (TPSA) is 78.1 Å². The average Bonchev–Trinajstić information content (AvgIpc) is 3.13. The first-order chi connectivity index (χ1) is 12.7. The van der Waals surface area contributed by atoms with Crippen LogP contribution in [0.4, 0.5) is 4.79 Å². The van der Waals surface area contributed by atoms with Crippen molar-refractivity contribution in [3.63, 3.8) is 0 Å². The summed E-state index contributed by atoms with van der Waals surface area (Å²) in [6.45, 7) is 1.19. The van der Waals surface area contributed by atoms with Gasteiger partial charge in [-0.2, -0.15) is 0 Å². The van der Waals surface area contributed by atoms with Crippen molar-refractivity contribution in [2.24, 2.45) is 0 Å². The summed E-state index contributed by atoms with van der Waals surface area (Å²) >= 11 is 0. The van der Waals surface area contributed by atoms with E-state index in [1.807, 2.05) is 30.3 Å². The fraction of sp³-hybridized carbons (Fsp3) is 0.250. The first-order valence-corrected chi connectivity index (χ1v) is 8.80. The molecule has 26 heavy (non-hydrogen) atoms. The summed E-state index contributed by atoms with van der Waals surface area (Å²) in [6.07, 6.45) is 1.85. The molecule has 1 aromatic heterocycles. The number of urea groups is 1. The van der Waals surface area contributed by atoms with Crippen molar-refractivity contribution in [3.05, 3.63) is 66.0 Å². The summed E-state index contributed by atoms with van der Waals surface area (Å²) < 4.78 is 0. The van der Waals surface area contributed by atoms with Crippen LogP contribution in [0.25, 0.3) is 11.0 Å². The smallest absolute Gasteiger partial charge is 0.324 e. The summed E-state index contributed by atoms with van der Waals surface area (Å²) in [7, 11) is 0. The summed E-state index contributed by atoms with van der Waals surface area (Å²) in [6, 6.07) is 16.3. The largest absolute Gasteiger partial charge is 0.342 e. The van der Waals surface area contributed by atoms with Crippen molar-refractivity contribution < 1.29 is 9.59 Å². The second kappa shape index (κ2) is 7.00. The number of benzene rings is 2. The molecule has 0 radical (unpaired) electrons. The number of hydrogen-bond acceptors (Lipinski definition) is 3. The monoisotopic (exact) mass is 348 g/mol. The Morgan fingerprint density at radius 1 is 1.08 bits per heavy atom. The Labute approximate surface area is 151 Å². The van der Waals surface area contributed by atoms with Gasteiger partial charge in [0.1, 0.15) is 5.82 Å². The number of aromatic nitrogens is 2. The Bertz CT molecular complexity index is 902. The molecule has 1 fully saturated rings. The molecule has 1 aliphatic heterocycles. The van der Waals surface area contributed by atoms with Crippen molar-refractivity contribution in [2.45, 2.75) is 18.8 Å². The minimum atomic E-state index is -0.374. The van der Waals surface area contributed by atoms with Gasteiger partial charge < -0.3 is 9.88 Å². The number of hydrogen-bond donors (Lipinski definition) is 2. The molecular formula is C20H20N4O2. The number of carbonyl (C=O) groups is 2. The zero-order chi connectivity index (χ0) is 17.9. The Balaban J connectivity index is 1.44. The van der Waals surface area contributed by atoms with Crippen molar-refractivity contribution in [3.8, 4) is 0 Å². The van der Waals surface area contributed by atoms with E-state index >= 15 is 0 Å². The number of imidazole rings is 1. The van der Waals surface area contributed by atoms with Gasteiger partial charge >= 0.3 is 6.03 Å². The number of nitrogens with one attached hydrogen (secondary N) is 2. The quantitative estimate of drug-likeness (QED) is 0.746. The van der Waals surface area contributed by atoms with E-state index in [2.05, 4.69) is 15.3 Å². The number of fused-ring (bicyclic) bond motifs is 1. The Hall–Kier alpha value is -3.15. The fourth-order valence-electron chi connectivity index (χ4n) is 3.39. The molecule has 132 valence electrons. The van der Waals surface area contributed by atoms with Crippen LogP contribution in [0, 0.1) is 0 Å². The second-order valence-electron chi connectivity index (χ2n) is 6.55. The van der Waals surface area contributed by atoms with Gasteiger partial charge in [-0.25, -0.2) is 9.78 Å². The highest BCUT2D eigenvalue weighted by Gasteiger charge is 2.27. The van der Waals surface area contributed by atoms with Gasteiger partial charge in [0.25, 0.3) is 5.91 Å². The molecule has 3 aromatic rings. The zero-order valence-electron chi connectivity index (χ0n) is 14.3. The fourth-order valence-corrected chi connectivity index (χ4v) is 3.39. The van der Waals surface area contributed by atoms with Gasteiger partial charge in [0.15, 0.2) is 0 Å². The van der Waals surface area contributed by atoms with E-state index in [4.69, 9.17) is 0 Å². The molecule has 3 amide bonds. The van der Waals surface area contributed by atoms with Crippen LogP contribution in [0.5, 0.6) is 0 Å². The van der Waals surface area contributed by atoms with Crippen LogP contribution in [0.15, 0.2) is 54.6 Å². The van der Waals surface area contributed by atoms with Gasteiger partial charge in [0.05, 0.1) is 11.0 Å². The predicted molar refractivity (Wildman–Crippen MR) is 98.9 cm³/mol. The van der Waals surface area contributed by atoms with Crippen molar-refractivity contribution >= 4 is 23.0 Å². The molecule has 0 bridgehead atoms. The van der Waals surface area contributed by atoms with E-state index in [0.29, 0.717) is 18.7 Å². The molecule has 6 nitrogen and oxygen atoms in total. The summed E-state index contributed by atoms with van der Waals surface area (Å²) in [5.74, 6) is 0.674. The number of aromatic amines is 1. The van der Waals surface area contributed by atoms with Crippen molar-refractivity contribution in [2.75, 3.05) is 13.1 Å². The van der Waals surface area contributed by atoms with E-state index in [0.717, 1.165) is 29.7 Å². The molecule has 1 unspecified atom stereocenters. The molecule has 0 aliphatic carbocycles. The highest BCUT2D eigenvalue weighted by molar-refractivity contribution is 6.04. The Morgan fingerprint density at radius 2 is 1.85 bits per heavy atom. The second-order valence-corrected chi connectivity index (χ2v) is 6.55. The van der Waals surface area contributed by atoms with Crippen LogP contribution in [-0.4, -0.2) is 39.9 Å². The lowest BCUT2D eigenvalue weighted by atomic mass is 9.97. The maximum Gasteiger partial charge on any atom is 0.324 e. The molecule has 0 saturated carbocycles. The van der Waals surface area contributed by atoms with Gasteiger partial charge in [-0.05, 0) is 37.1 Å². The molecule has 4 rings (SSSR count). The van der Waals surface area contributed by atoms with Gasteiger partial charge in [-0.15, -0.1) is 0 Å². The third-order valence-electron chi connectivity index (χ3n) is 4.76. The van der Waals surface area contributed by atoms with E-state index < -0.39 is 0 Å². The number of piperidine rings is 1. The first kappa shape index (κ1) is 16.3. The summed E-state index contributed by atoms with van der Waals surface area (Å²) in [5.41, 5.74) is 2.42. The number of likely N-dealkylation sites (tertiary alicyclic amines) is 1. The van der Waals surface area contributed by atoms with Gasteiger partial charge in [0, 0.05) is 24.6 Å². The molecule has 1 saturated heterocycles. The van der Waals surface area contributed by atoms with Crippen molar-refractivity contribution in [1.29, 1.82) is 0 Å². The molecule has 1 atom stereocenters. The van der Waals surface area contributed by atoms with Crippen LogP contribution in [0.3, 0.4) is 0 Å². The number of nitrogens with zero attached hydrogens (tertiary/aromatic N) is 2. The molecule has 1 aliphatic rings. The van der Waals surface area contributed by atoms with Crippen LogP contribution in [0.1, 0.15) is 34.9 Å². The third kappa shape index (κ3) is 3.31. The lowest BCUT2D eigenvalue weighted by Crippen LogP contribution is -2.47. The first-order valence-electron chi connectivity index (χ1n) is 8.80. The number of carbonyl (C=O) groups excluding carboxylic acids is 2. The van der Waals surface area contributed by atoms with Crippen LogP contribution in [-0.2, 0) is 0 Å². The highest BCUT2D eigenvalue weighted by Crippen LogP contribution is 2.26. The zero-order valence-corrected chi connectivity index (χ0v) is 14.3. The number of rotatable bonds is 2. The lowest BCUT2D eigenvalue weighted by Gasteiger charge is -2.31. The van der Waals surface area contributed by atoms with Crippen molar-refractivity contribution in [1.82, 2.24) is 20.2 Å². The minimum Gasteiger partial charge on any atom is -0.342 e. The molecule has 2 N–H and O–H groups in total. The summed E-state index contributed by atoms with van der Waals surface area (Å²) in [4.78, 5) is 34.4. The highest BCUT2D eigenvalue weighted by atomic mass is 16.2. The van der Waals surface area contributed by atoms with E-state index in [-0.39, 0.29) is 17.9 Å². The van der Waals surface area contributed by atoms with Crippen LogP contribution in [0.2, 0.25) is 0 Å². The predicted octanol–water partition coefficient (Wildman–Crippen LogP) is 3.29. The standard InChI is InChI=1S/C20H20N4O2/c25-19(14-7-2-1-3-8-14)23-20(26)24-12-6-9-15(13-24)18-21-16-10-4-5-11-17(16)22-18/h1-5,7-8,10-11,15H,6,9,12-13H2,(H,21,22)(H,23,25,26). The molecule has 2 aromatic carbocycles. The van der Waals surface area contributed by atoms with Crippen LogP contribution >= 0.6 is 0 Å². The lowest BCUT2D eigenvalue weighted by molar-refractivity contribution is 0.0946. The molecule has 2 heterocycles. The van der Waals surface area contributed by atoms with Gasteiger partial charge in [-0.1, -0.05) is 30.3 Å². The Morgan fingerprint density at radius 3 is 2.65 bits per heavy atom. The van der Waals surface area contributed by atoms with Gasteiger partial charge in [0.2, 0.25) is 0 Å². The third-order valence-corrected chi connectivity index (χ3v) is 4.76. The van der Waals surface area contributed by atoms with E-state index in [1.165, 1.54) is 0 Å². The molecule has 6 heteroatoms. The maximum atomic E-state index is 12.5. The van der Waals surface area contributed by atoms with Crippen LogP contribution < -0.4 is 5.32 Å². The van der Waals surface area contributed by atoms with E-state index in [1.54, 1.807) is 29.2 Å². The normalized spacial score (nSPS) is 17.2. The minimum absolute atomic E-state index is 0.147. The maximum absolute atomic E-state index is 12.5. The molecular weight excluding hydrogens is 328 g/mol. The number of H-pyrrole nitrogens is 1. The number of amides is 3. The van der Waals surface area contributed by atoms with Gasteiger partial charge in [-0.3, -0.25) is 10.1 Å². The SMILES string of the molecule is O=C(NC(=O)N1CCCC(c2nc3ccccc3[nH]2)C1)c1ccccc1. The number of para-hydroxylation sites is 2. The average molecular weight is 348 g/mol. The van der Waals surface area contributed by atoms with E-state index in [9.17, 15) is 9.59 Å². The summed E-state index contributed by atoms with van der Waals surface area (Å²) in [5, 5.41) is 2.48. The number of imide groups is 1. The Kier molecular flexibility index (Phi) is 4.39.